The number of aliphatic carboxylic acids is 1. The Morgan fingerprint density at radius 3 is 2.83 bits per heavy atom. The molecule has 0 aromatic heterocycles. The van der Waals surface area contributed by atoms with Crippen LogP contribution in [-0.2, 0) is 4.79 Å². The molecule has 0 atom stereocenters. The Hall–Kier alpha value is -2.41. The minimum Gasteiger partial charge on any atom is -0.507 e. The van der Waals surface area contributed by atoms with Crippen molar-refractivity contribution in [2.45, 2.75) is 0 Å². The normalized spacial score (nSPS) is 10.9. The topological polar surface area (TPSA) is 108 Å². The van der Waals surface area contributed by atoms with Crippen LogP contribution in [-0.4, -0.2) is 27.5 Å². The van der Waals surface area contributed by atoms with Gasteiger partial charge in [-0.25, -0.2) is 4.79 Å². The smallest absolute Gasteiger partial charge is 0.328 e. The van der Waals surface area contributed by atoms with Crippen molar-refractivity contribution >= 4 is 35.6 Å². The van der Waals surface area contributed by atoms with E-state index in [2.05, 4.69) is 22.7 Å². The van der Waals surface area contributed by atoms with Gasteiger partial charge in [0.2, 0.25) is 0 Å². The third-order valence-electron chi connectivity index (χ3n) is 1.85. The molecule has 94 valence electrons. The van der Waals surface area contributed by atoms with Crippen molar-refractivity contribution in [3.05, 3.63) is 35.4 Å². The maximum Gasteiger partial charge on any atom is 0.328 e. The van der Waals surface area contributed by atoms with Crippen molar-refractivity contribution < 1.29 is 15.0 Å². The van der Waals surface area contributed by atoms with E-state index >= 15 is 0 Å². The van der Waals surface area contributed by atoms with Crippen molar-refractivity contribution in [3.63, 3.8) is 0 Å². The summed E-state index contributed by atoms with van der Waals surface area (Å²) in [6.45, 7) is 0. The fourth-order valence-electron chi connectivity index (χ4n) is 1.11. The van der Waals surface area contributed by atoms with Crippen LogP contribution in [0.5, 0.6) is 5.75 Å². The largest absolute Gasteiger partial charge is 0.507 e. The van der Waals surface area contributed by atoms with Crippen molar-refractivity contribution in [1.29, 1.82) is 0 Å². The Labute approximate surface area is 108 Å². The molecule has 18 heavy (non-hydrogen) atoms. The van der Waals surface area contributed by atoms with Gasteiger partial charge in [0.15, 0.2) is 5.11 Å². The number of nitrogens with one attached hydrogen (secondary N) is 1. The van der Waals surface area contributed by atoms with Crippen molar-refractivity contribution in [1.82, 2.24) is 5.43 Å². The summed E-state index contributed by atoms with van der Waals surface area (Å²) in [7, 11) is 0. The van der Waals surface area contributed by atoms with Gasteiger partial charge in [0.1, 0.15) is 5.75 Å². The molecular formula is C11H11N3O3S. The lowest BCUT2D eigenvalue weighted by Crippen LogP contribution is -2.23. The van der Waals surface area contributed by atoms with E-state index in [4.69, 9.17) is 10.8 Å². The van der Waals surface area contributed by atoms with Crippen LogP contribution in [0.2, 0.25) is 0 Å². The van der Waals surface area contributed by atoms with Crippen LogP contribution in [0.1, 0.15) is 11.1 Å². The molecule has 0 unspecified atom stereocenters. The first-order valence-corrected chi connectivity index (χ1v) is 5.22. The van der Waals surface area contributed by atoms with E-state index in [-0.39, 0.29) is 10.9 Å². The number of thiocarbonyl (C=S) groups is 1. The number of nitrogens with zero attached hydrogens (tertiary/aromatic N) is 1. The number of phenols is 1. The molecule has 1 aromatic rings. The second-order valence-corrected chi connectivity index (χ2v) is 3.66. The first-order valence-electron chi connectivity index (χ1n) is 4.81. The average molecular weight is 265 g/mol. The second kappa shape index (κ2) is 6.36. The first-order chi connectivity index (χ1) is 8.49. The molecule has 0 heterocycles. The summed E-state index contributed by atoms with van der Waals surface area (Å²) in [6.07, 6.45) is 3.73. The van der Waals surface area contributed by atoms with Gasteiger partial charge >= 0.3 is 5.97 Å². The number of hydrogen-bond acceptors (Lipinski definition) is 4. The molecule has 0 fully saturated rings. The molecule has 0 aliphatic carbocycles. The summed E-state index contributed by atoms with van der Waals surface area (Å²) in [5.41, 5.74) is 8.55. The highest BCUT2D eigenvalue weighted by atomic mass is 32.1. The highest BCUT2D eigenvalue weighted by molar-refractivity contribution is 7.80. The Morgan fingerprint density at radius 2 is 2.22 bits per heavy atom. The molecule has 0 aliphatic heterocycles. The van der Waals surface area contributed by atoms with E-state index in [1.54, 1.807) is 12.1 Å². The molecule has 5 N–H and O–H groups in total. The lowest BCUT2D eigenvalue weighted by Gasteiger charge is -2.01. The predicted octanol–water partition coefficient (Wildman–Crippen LogP) is 0.657. The number of hydrazone groups is 1. The maximum absolute atomic E-state index is 10.4. The van der Waals surface area contributed by atoms with E-state index in [0.717, 1.165) is 6.08 Å². The van der Waals surface area contributed by atoms with Gasteiger partial charge in [-0.2, -0.15) is 5.10 Å². The van der Waals surface area contributed by atoms with Gasteiger partial charge in [-0.05, 0) is 36.0 Å². The van der Waals surface area contributed by atoms with Gasteiger partial charge in [0, 0.05) is 11.6 Å². The lowest BCUT2D eigenvalue weighted by atomic mass is 10.1. The molecule has 0 amide bonds. The van der Waals surface area contributed by atoms with E-state index in [9.17, 15) is 9.90 Å². The van der Waals surface area contributed by atoms with Crippen LogP contribution in [0.4, 0.5) is 0 Å². The minimum atomic E-state index is -1.05. The SMILES string of the molecule is NC(=S)N/N=C/c1cc(/C=C/C(=O)O)ccc1O. The summed E-state index contributed by atoms with van der Waals surface area (Å²) in [6, 6.07) is 4.58. The number of nitrogens with two attached hydrogens (primary N) is 1. The number of carboxylic acids is 1. The molecule has 0 saturated heterocycles. The number of carbonyl (C=O) groups is 1. The number of carboxylic acid groups (broad SMARTS) is 1. The third kappa shape index (κ3) is 4.62. The molecule has 0 spiro atoms. The van der Waals surface area contributed by atoms with Crippen LogP contribution >= 0.6 is 12.2 Å². The fraction of sp³-hybridized carbons (Fsp3) is 0. The van der Waals surface area contributed by atoms with Gasteiger partial charge in [-0.15, -0.1) is 0 Å². The number of phenolic OH excluding ortho intramolecular Hbond substituents is 1. The Morgan fingerprint density at radius 1 is 1.50 bits per heavy atom. The fourth-order valence-corrected chi connectivity index (χ4v) is 1.17. The minimum absolute atomic E-state index is 0.00710. The average Bonchev–Trinajstić information content (AvgIpc) is 2.29. The van der Waals surface area contributed by atoms with Gasteiger partial charge < -0.3 is 15.9 Å². The highest BCUT2D eigenvalue weighted by Gasteiger charge is 1.99. The number of rotatable bonds is 4. The quantitative estimate of drug-likeness (QED) is 0.276. The van der Waals surface area contributed by atoms with Crippen molar-refractivity contribution in [3.8, 4) is 5.75 Å². The van der Waals surface area contributed by atoms with Crippen LogP contribution < -0.4 is 11.2 Å². The van der Waals surface area contributed by atoms with Crippen LogP contribution in [0.3, 0.4) is 0 Å². The van der Waals surface area contributed by atoms with E-state index < -0.39 is 5.97 Å². The molecule has 0 saturated carbocycles. The van der Waals surface area contributed by atoms with Crippen molar-refractivity contribution in [2.24, 2.45) is 10.8 Å². The van der Waals surface area contributed by atoms with Gasteiger partial charge in [0.25, 0.3) is 0 Å². The molecule has 1 rings (SSSR count). The second-order valence-electron chi connectivity index (χ2n) is 3.22. The monoisotopic (exact) mass is 265 g/mol. The van der Waals surface area contributed by atoms with Crippen LogP contribution in [0.25, 0.3) is 6.08 Å². The first kappa shape index (κ1) is 13.7. The summed E-state index contributed by atoms with van der Waals surface area (Å²) in [5.74, 6) is -1.04. The van der Waals surface area contributed by atoms with Crippen LogP contribution in [0.15, 0.2) is 29.4 Å². The third-order valence-corrected chi connectivity index (χ3v) is 1.94. The van der Waals surface area contributed by atoms with Gasteiger partial charge in [-0.3, -0.25) is 5.43 Å². The molecule has 0 radical (unpaired) electrons. The van der Waals surface area contributed by atoms with Gasteiger partial charge in [0.05, 0.1) is 6.21 Å². The Balaban J connectivity index is 2.90. The van der Waals surface area contributed by atoms with E-state index in [1.165, 1.54) is 18.4 Å². The summed E-state index contributed by atoms with van der Waals surface area (Å²) in [5, 5.41) is 21.8. The molecule has 0 bridgehead atoms. The Bertz CT molecular complexity index is 526. The lowest BCUT2D eigenvalue weighted by molar-refractivity contribution is -0.131. The zero-order chi connectivity index (χ0) is 13.5. The standard InChI is InChI=1S/C11H11N3O3S/c12-11(18)14-13-6-8-5-7(1-3-9(8)15)2-4-10(16)17/h1-6,15H,(H,16,17)(H3,12,14,18)/b4-2+,13-6+. The number of hydrogen-bond donors (Lipinski definition) is 4. The molecule has 0 aliphatic rings. The molecule has 6 nitrogen and oxygen atoms in total. The number of aromatic hydroxyl groups is 1. The Kier molecular flexibility index (Phi) is 4.82. The summed E-state index contributed by atoms with van der Waals surface area (Å²) in [4.78, 5) is 10.4. The summed E-state index contributed by atoms with van der Waals surface area (Å²) < 4.78 is 0. The molecular weight excluding hydrogens is 254 g/mol. The summed E-state index contributed by atoms with van der Waals surface area (Å²) >= 11 is 4.55. The zero-order valence-electron chi connectivity index (χ0n) is 9.20. The molecule has 7 heteroatoms. The highest BCUT2D eigenvalue weighted by Crippen LogP contribution is 2.17. The van der Waals surface area contributed by atoms with Gasteiger partial charge in [-0.1, -0.05) is 6.07 Å². The van der Waals surface area contributed by atoms with Crippen LogP contribution in [0, 0.1) is 0 Å². The maximum atomic E-state index is 10.4. The van der Waals surface area contributed by atoms with E-state index in [0.29, 0.717) is 11.1 Å². The van der Waals surface area contributed by atoms with Crippen molar-refractivity contribution in [2.75, 3.05) is 0 Å². The predicted molar refractivity (Wildman–Crippen MR) is 72.3 cm³/mol. The zero-order valence-corrected chi connectivity index (χ0v) is 10.0. The number of benzene rings is 1. The van der Waals surface area contributed by atoms with E-state index in [1.807, 2.05) is 0 Å². The molecule has 1 aromatic carbocycles.